The Bertz CT molecular complexity index is 728. The second kappa shape index (κ2) is 6.17. The number of nitrogens with zero attached hydrogens (tertiary/aromatic N) is 2. The van der Waals surface area contributed by atoms with Crippen molar-refractivity contribution in [3.05, 3.63) is 65.3 Å². The summed E-state index contributed by atoms with van der Waals surface area (Å²) in [5, 5.41) is 0. The van der Waals surface area contributed by atoms with Crippen molar-refractivity contribution < 1.29 is 18.0 Å². The summed E-state index contributed by atoms with van der Waals surface area (Å²) in [6.07, 6.45) is -2.87. The maximum absolute atomic E-state index is 12.5. The summed E-state index contributed by atoms with van der Waals surface area (Å²) >= 11 is 0. The molecule has 0 atom stereocenters. The summed E-state index contributed by atoms with van der Waals surface area (Å²) in [5.41, 5.74) is -0.152. The predicted octanol–water partition coefficient (Wildman–Crippen LogP) is 3.50. The van der Waals surface area contributed by atoms with E-state index in [1.165, 1.54) is 16.7 Å². The molecule has 0 unspecified atom stereocenters. The molecule has 116 valence electrons. The smallest absolute Gasteiger partial charge is 0.268 e. The maximum atomic E-state index is 12.5. The van der Waals surface area contributed by atoms with Crippen LogP contribution in [0, 0.1) is 0 Å². The van der Waals surface area contributed by atoms with Crippen molar-refractivity contribution in [3.63, 3.8) is 0 Å². The molecule has 1 aromatic carbocycles. The molecule has 0 saturated heterocycles. The molecule has 22 heavy (non-hydrogen) atoms. The van der Waals surface area contributed by atoms with Crippen LogP contribution in [0.25, 0.3) is 0 Å². The van der Waals surface area contributed by atoms with E-state index in [0.717, 1.165) is 12.1 Å². The average Bonchev–Trinajstić information content (AvgIpc) is 2.46. The highest BCUT2D eigenvalue weighted by atomic mass is 19.4. The lowest BCUT2D eigenvalue weighted by Crippen LogP contribution is -2.28. The molecule has 0 amide bonds. The lowest BCUT2D eigenvalue weighted by molar-refractivity contribution is -0.137. The van der Waals surface area contributed by atoms with Gasteiger partial charge in [-0.1, -0.05) is 6.07 Å². The second-order valence-electron chi connectivity index (χ2n) is 5.03. The van der Waals surface area contributed by atoms with Crippen molar-refractivity contribution in [2.24, 2.45) is 4.99 Å². The van der Waals surface area contributed by atoms with Crippen LogP contribution in [-0.4, -0.2) is 16.5 Å². The van der Waals surface area contributed by atoms with E-state index in [2.05, 4.69) is 4.99 Å². The third kappa shape index (κ3) is 3.63. The fraction of sp³-hybridized carbons (Fsp3) is 0.250. The first-order chi connectivity index (χ1) is 10.3. The van der Waals surface area contributed by atoms with Crippen LogP contribution in [0.4, 0.5) is 13.2 Å². The van der Waals surface area contributed by atoms with E-state index >= 15 is 0 Å². The standard InChI is InChI=1S/C16H15F3N2O/c1-11(2)20-14-5-3-4-10-21(14)15(22)12-6-8-13(9-7-12)16(17,18)19/h3-11H,1-2H3. The van der Waals surface area contributed by atoms with Crippen molar-refractivity contribution in [2.45, 2.75) is 26.1 Å². The van der Waals surface area contributed by atoms with Crippen LogP contribution in [0.3, 0.4) is 0 Å². The molecule has 0 aliphatic heterocycles. The molecular formula is C16H15F3N2O. The van der Waals surface area contributed by atoms with E-state index in [1.807, 2.05) is 13.8 Å². The second-order valence-corrected chi connectivity index (χ2v) is 5.03. The van der Waals surface area contributed by atoms with E-state index in [1.54, 1.807) is 24.4 Å². The molecule has 2 rings (SSSR count). The van der Waals surface area contributed by atoms with E-state index in [0.29, 0.717) is 5.49 Å². The molecule has 0 aliphatic carbocycles. The monoisotopic (exact) mass is 308 g/mol. The number of hydrogen-bond donors (Lipinski definition) is 0. The number of alkyl halides is 3. The molecule has 1 aromatic heterocycles. The molecule has 0 spiro atoms. The first kappa shape index (κ1) is 16.0. The molecule has 0 fully saturated rings. The fourth-order valence-electron chi connectivity index (χ4n) is 1.92. The Kier molecular flexibility index (Phi) is 4.49. The number of pyridine rings is 1. The van der Waals surface area contributed by atoms with Gasteiger partial charge in [0.05, 0.1) is 5.56 Å². The van der Waals surface area contributed by atoms with Gasteiger partial charge in [0.15, 0.2) is 0 Å². The average molecular weight is 308 g/mol. The van der Waals surface area contributed by atoms with Crippen molar-refractivity contribution in [2.75, 3.05) is 0 Å². The maximum Gasteiger partial charge on any atom is 0.416 e. The zero-order chi connectivity index (χ0) is 16.3. The van der Waals surface area contributed by atoms with E-state index < -0.39 is 17.6 Å². The molecule has 1 heterocycles. The van der Waals surface area contributed by atoms with Gasteiger partial charge in [-0.3, -0.25) is 14.4 Å². The number of carbonyl (C=O) groups excluding carboxylic acids is 1. The number of carbonyl (C=O) groups is 1. The Morgan fingerprint density at radius 1 is 1.09 bits per heavy atom. The zero-order valence-electron chi connectivity index (χ0n) is 12.1. The highest BCUT2D eigenvalue weighted by Crippen LogP contribution is 2.29. The number of hydrogen-bond acceptors (Lipinski definition) is 2. The third-order valence-corrected chi connectivity index (χ3v) is 2.91. The summed E-state index contributed by atoms with van der Waals surface area (Å²) in [6, 6.07) is 9.23. The molecule has 2 aromatic rings. The van der Waals surface area contributed by atoms with Gasteiger partial charge in [-0.05, 0) is 50.2 Å². The van der Waals surface area contributed by atoms with Crippen LogP contribution in [0.2, 0.25) is 0 Å². The minimum absolute atomic E-state index is 0.00550. The molecule has 0 bridgehead atoms. The van der Waals surface area contributed by atoms with Gasteiger partial charge in [0.25, 0.3) is 5.91 Å². The van der Waals surface area contributed by atoms with Crippen LogP contribution in [0.1, 0.15) is 29.8 Å². The lowest BCUT2D eigenvalue weighted by Gasteiger charge is -2.09. The van der Waals surface area contributed by atoms with Crippen LogP contribution in [-0.2, 0) is 6.18 Å². The van der Waals surface area contributed by atoms with Crippen molar-refractivity contribution in [3.8, 4) is 0 Å². The number of rotatable bonds is 2. The topological polar surface area (TPSA) is 34.4 Å². The van der Waals surface area contributed by atoms with Crippen LogP contribution in [0.15, 0.2) is 53.7 Å². The fourth-order valence-corrected chi connectivity index (χ4v) is 1.92. The molecule has 0 aliphatic rings. The van der Waals surface area contributed by atoms with Crippen LogP contribution in [0.5, 0.6) is 0 Å². The predicted molar refractivity (Wildman–Crippen MR) is 76.3 cm³/mol. The summed E-state index contributed by atoms with van der Waals surface area (Å²) in [7, 11) is 0. The highest BCUT2D eigenvalue weighted by molar-refractivity contribution is 5.95. The van der Waals surface area contributed by atoms with Gasteiger partial charge in [0, 0.05) is 17.8 Å². The summed E-state index contributed by atoms with van der Waals surface area (Å²) in [4.78, 5) is 16.8. The van der Waals surface area contributed by atoms with E-state index in [4.69, 9.17) is 0 Å². The lowest BCUT2D eigenvalue weighted by atomic mass is 10.1. The number of halogens is 3. The van der Waals surface area contributed by atoms with Crippen molar-refractivity contribution in [1.29, 1.82) is 0 Å². The Morgan fingerprint density at radius 2 is 1.73 bits per heavy atom. The first-order valence-electron chi connectivity index (χ1n) is 6.72. The van der Waals surface area contributed by atoms with Gasteiger partial charge in [0.1, 0.15) is 5.49 Å². The van der Waals surface area contributed by atoms with E-state index in [9.17, 15) is 18.0 Å². The minimum atomic E-state index is -4.42. The van der Waals surface area contributed by atoms with Gasteiger partial charge >= 0.3 is 6.18 Å². The Balaban J connectivity index is 2.41. The molecule has 0 saturated carbocycles. The minimum Gasteiger partial charge on any atom is -0.268 e. The van der Waals surface area contributed by atoms with Crippen molar-refractivity contribution >= 4 is 5.91 Å². The quantitative estimate of drug-likeness (QED) is 0.836. The summed E-state index contributed by atoms with van der Waals surface area (Å²) in [6.45, 7) is 3.75. The van der Waals surface area contributed by atoms with E-state index in [-0.39, 0.29) is 11.6 Å². The van der Waals surface area contributed by atoms with Gasteiger partial charge in [0.2, 0.25) is 0 Å². The summed E-state index contributed by atoms with van der Waals surface area (Å²) < 4.78 is 39.0. The summed E-state index contributed by atoms with van der Waals surface area (Å²) in [5.74, 6) is -0.422. The zero-order valence-corrected chi connectivity index (χ0v) is 12.1. The molecule has 0 N–H and O–H groups in total. The van der Waals surface area contributed by atoms with Gasteiger partial charge in [-0.2, -0.15) is 13.2 Å². The molecule has 3 nitrogen and oxygen atoms in total. The van der Waals surface area contributed by atoms with Gasteiger partial charge < -0.3 is 0 Å². The SMILES string of the molecule is CC(C)N=c1ccccn1C(=O)c1ccc(C(F)(F)F)cc1. The van der Waals surface area contributed by atoms with Crippen molar-refractivity contribution in [1.82, 2.24) is 4.57 Å². The van der Waals surface area contributed by atoms with Gasteiger partial charge in [-0.25, -0.2) is 0 Å². The molecule has 6 heteroatoms. The first-order valence-corrected chi connectivity index (χ1v) is 6.72. The van der Waals surface area contributed by atoms with Crippen LogP contribution >= 0.6 is 0 Å². The van der Waals surface area contributed by atoms with Crippen LogP contribution < -0.4 is 5.49 Å². The number of benzene rings is 1. The number of aromatic nitrogens is 1. The normalized spacial score (nSPS) is 12.7. The molecular weight excluding hydrogens is 293 g/mol. The highest BCUT2D eigenvalue weighted by Gasteiger charge is 2.30. The Morgan fingerprint density at radius 3 is 2.27 bits per heavy atom. The Labute approximate surface area is 125 Å². The Hall–Kier alpha value is -2.37. The largest absolute Gasteiger partial charge is 0.416 e. The third-order valence-electron chi connectivity index (χ3n) is 2.91. The van der Waals surface area contributed by atoms with Gasteiger partial charge in [-0.15, -0.1) is 0 Å². The molecule has 0 radical (unpaired) electrons.